The van der Waals surface area contributed by atoms with Crippen LogP contribution >= 0.6 is 11.3 Å². The molecule has 1 N–H and O–H groups in total. The number of hydrogen-bond acceptors (Lipinski definition) is 4. The largest absolute Gasteiger partial charge is 0.486 e. The van der Waals surface area contributed by atoms with Crippen molar-refractivity contribution in [1.29, 1.82) is 0 Å². The molecule has 1 aromatic heterocycles. The number of hydrogen-bond donors (Lipinski definition) is 1. The van der Waals surface area contributed by atoms with E-state index < -0.39 is 0 Å². The summed E-state index contributed by atoms with van der Waals surface area (Å²) in [6.45, 7) is 10.9. The molecule has 0 spiro atoms. The lowest BCUT2D eigenvalue weighted by Gasteiger charge is -2.06. The van der Waals surface area contributed by atoms with E-state index >= 15 is 0 Å². The van der Waals surface area contributed by atoms with Crippen molar-refractivity contribution in [1.82, 2.24) is 10.3 Å². The van der Waals surface area contributed by atoms with E-state index in [2.05, 4.69) is 45.1 Å². The third-order valence-electron chi connectivity index (χ3n) is 3.53. The van der Waals surface area contributed by atoms with Crippen LogP contribution in [0.15, 0.2) is 18.2 Å². The summed E-state index contributed by atoms with van der Waals surface area (Å²) in [5.41, 5.74) is 3.74. The Morgan fingerprint density at radius 3 is 2.67 bits per heavy atom. The topological polar surface area (TPSA) is 34.1 Å². The maximum atomic E-state index is 5.87. The highest BCUT2D eigenvalue weighted by atomic mass is 32.1. The second-order valence-corrected chi connectivity index (χ2v) is 6.31. The number of benzene rings is 1. The van der Waals surface area contributed by atoms with Crippen LogP contribution in [0.4, 0.5) is 0 Å². The zero-order valence-electron chi connectivity index (χ0n) is 13.3. The summed E-state index contributed by atoms with van der Waals surface area (Å²) < 4.78 is 5.87. The molecule has 0 aliphatic rings. The van der Waals surface area contributed by atoms with Crippen molar-refractivity contribution in [2.45, 2.75) is 47.3 Å². The predicted molar refractivity (Wildman–Crippen MR) is 89.1 cm³/mol. The first kappa shape index (κ1) is 16.0. The van der Waals surface area contributed by atoms with Gasteiger partial charge in [-0.3, -0.25) is 0 Å². The Labute approximate surface area is 131 Å². The standard InChI is InChI=1S/C17H24N2OS/c1-5-15-16(10-18-6-2)21-17(19-15)11-20-14-8-7-12(3)13(4)9-14/h7-9,18H,5-6,10-11H2,1-4H3. The molecular formula is C17H24N2OS. The Morgan fingerprint density at radius 2 is 2.00 bits per heavy atom. The number of thiazole rings is 1. The van der Waals surface area contributed by atoms with Gasteiger partial charge in [0.25, 0.3) is 0 Å². The molecule has 0 radical (unpaired) electrons. The van der Waals surface area contributed by atoms with E-state index in [0.29, 0.717) is 6.61 Å². The van der Waals surface area contributed by atoms with Crippen LogP contribution in [-0.4, -0.2) is 11.5 Å². The fourth-order valence-electron chi connectivity index (χ4n) is 2.10. The van der Waals surface area contributed by atoms with Gasteiger partial charge in [-0.15, -0.1) is 11.3 Å². The van der Waals surface area contributed by atoms with Crippen LogP contribution in [0.2, 0.25) is 0 Å². The smallest absolute Gasteiger partial charge is 0.140 e. The van der Waals surface area contributed by atoms with Crippen molar-refractivity contribution < 1.29 is 4.74 Å². The lowest BCUT2D eigenvalue weighted by Crippen LogP contribution is -2.11. The minimum Gasteiger partial charge on any atom is -0.486 e. The number of nitrogens with one attached hydrogen (secondary N) is 1. The van der Waals surface area contributed by atoms with Crippen molar-refractivity contribution in [3.05, 3.63) is 44.9 Å². The highest BCUT2D eigenvalue weighted by Gasteiger charge is 2.10. The lowest BCUT2D eigenvalue weighted by atomic mass is 10.1. The van der Waals surface area contributed by atoms with Crippen molar-refractivity contribution in [2.24, 2.45) is 0 Å². The summed E-state index contributed by atoms with van der Waals surface area (Å²) in [6.07, 6.45) is 0.973. The van der Waals surface area contributed by atoms with Gasteiger partial charge in [-0.2, -0.15) is 0 Å². The van der Waals surface area contributed by atoms with Crippen LogP contribution < -0.4 is 10.1 Å². The minimum absolute atomic E-state index is 0.548. The lowest BCUT2D eigenvalue weighted by molar-refractivity contribution is 0.305. The highest BCUT2D eigenvalue weighted by Crippen LogP contribution is 2.22. The van der Waals surface area contributed by atoms with Gasteiger partial charge in [0.1, 0.15) is 17.4 Å². The van der Waals surface area contributed by atoms with Crippen LogP contribution in [0.25, 0.3) is 0 Å². The fourth-order valence-corrected chi connectivity index (χ4v) is 3.14. The van der Waals surface area contributed by atoms with Gasteiger partial charge in [-0.1, -0.05) is 19.9 Å². The summed E-state index contributed by atoms with van der Waals surface area (Å²) in [4.78, 5) is 6.02. The number of ether oxygens (including phenoxy) is 1. The molecule has 2 rings (SSSR count). The third-order valence-corrected chi connectivity index (χ3v) is 4.60. The molecule has 1 aromatic carbocycles. The Kier molecular flexibility index (Phi) is 5.76. The van der Waals surface area contributed by atoms with Gasteiger partial charge < -0.3 is 10.1 Å². The molecular weight excluding hydrogens is 280 g/mol. The van der Waals surface area contributed by atoms with E-state index in [4.69, 9.17) is 9.72 Å². The van der Waals surface area contributed by atoms with E-state index in [0.717, 1.165) is 30.3 Å². The van der Waals surface area contributed by atoms with E-state index in [1.807, 2.05) is 6.07 Å². The summed E-state index contributed by atoms with van der Waals surface area (Å²) in [5.74, 6) is 0.916. The quantitative estimate of drug-likeness (QED) is 0.839. The van der Waals surface area contributed by atoms with E-state index in [-0.39, 0.29) is 0 Å². The molecule has 114 valence electrons. The number of rotatable bonds is 7. The average Bonchev–Trinajstić information content (AvgIpc) is 2.88. The van der Waals surface area contributed by atoms with Gasteiger partial charge in [0, 0.05) is 11.4 Å². The molecule has 0 saturated heterocycles. The molecule has 0 amide bonds. The molecule has 0 unspecified atom stereocenters. The number of aromatic nitrogens is 1. The SMILES string of the molecule is CCNCc1sc(COc2ccc(C)c(C)c2)nc1CC. The molecule has 0 bridgehead atoms. The van der Waals surface area contributed by atoms with Crippen molar-refractivity contribution in [2.75, 3.05) is 6.54 Å². The van der Waals surface area contributed by atoms with Crippen molar-refractivity contribution >= 4 is 11.3 Å². The normalized spacial score (nSPS) is 10.9. The van der Waals surface area contributed by atoms with E-state index in [1.165, 1.54) is 21.7 Å². The minimum atomic E-state index is 0.548. The molecule has 4 heteroatoms. The van der Waals surface area contributed by atoms with Crippen LogP contribution in [0.1, 0.15) is 40.6 Å². The fraction of sp³-hybridized carbons (Fsp3) is 0.471. The van der Waals surface area contributed by atoms with Crippen LogP contribution in [0.3, 0.4) is 0 Å². The van der Waals surface area contributed by atoms with Crippen LogP contribution in [-0.2, 0) is 19.6 Å². The Bertz CT molecular complexity index is 592. The molecule has 0 atom stereocenters. The van der Waals surface area contributed by atoms with Gasteiger partial charge >= 0.3 is 0 Å². The van der Waals surface area contributed by atoms with Gasteiger partial charge in [-0.25, -0.2) is 4.98 Å². The second kappa shape index (κ2) is 7.57. The third kappa shape index (κ3) is 4.29. The van der Waals surface area contributed by atoms with E-state index in [1.54, 1.807) is 11.3 Å². The summed E-state index contributed by atoms with van der Waals surface area (Å²) in [6, 6.07) is 6.21. The Morgan fingerprint density at radius 1 is 1.19 bits per heavy atom. The molecule has 3 nitrogen and oxygen atoms in total. The van der Waals surface area contributed by atoms with Gasteiger partial charge in [0.15, 0.2) is 0 Å². The maximum Gasteiger partial charge on any atom is 0.140 e. The van der Waals surface area contributed by atoms with Gasteiger partial charge in [-0.05, 0) is 50.1 Å². The first-order valence-corrected chi connectivity index (χ1v) is 8.33. The van der Waals surface area contributed by atoms with Gasteiger partial charge in [0.05, 0.1) is 5.69 Å². The van der Waals surface area contributed by atoms with Crippen molar-refractivity contribution in [3.63, 3.8) is 0 Å². The second-order valence-electron chi connectivity index (χ2n) is 5.15. The Balaban J connectivity index is 2.02. The molecule has 0 aliphatic heterocycles. The first-order valence-electron chi connectivity index (χ1n) is 7.52. The zero-order valence-corrected chi connectivity index (χ0v) is 14.1. The van der Waals surface area contributed by atoms with Crippen LogP contribution in [0.5, 0.6) is 5.75 Å². The molecule has 1 heterocycles. The summed E-state index contributed by atoms with van der Waals surface area (Å²) in [5, 5.41) is 4.42. The number of nitrogens with zero attached hydrogens (tertiary/aromatic N) is 1. The maximum absolute atomic E-state index is 5.87. The zero-order chi connectivity index (χ0) is 15.2. The Hall–Kier alpha value is -1.39. The van der Waals surface area contributed by atoms with Gasteiger partial charge in [0.2, 0.25) is 0 Å². The molecule has 2 aromatic rings. The molecule has 21 heavy (non-hydrogen) atoms. The molecule has 0 aliphatic carbocycles. The average molecular weight is 304 g/mol. The van der Waals surface area contributed by atoms with Crippen LogP contribution in [0, 0.1) is 13.8 Å². The molecule has 0 fully saturated rings. The molecule has 0 saturated carbocycles. The first-order chi connectivity index (χ1) is 10.1. The highest BCUT2D eigenvalue weighted by molar-refractivity contribution is 7.11. The summed E-state index contributed by atoms with van der Waals surface area (Å²) >= 11 is 1.75. The summed E-state index contributed by atoms with van der Waals surface area (Å²) in [7, 11) is 0. The monoisotopic (exact) mass is 304 g/mol. The number of aryl methyl sites for hydroxylation is 3. The van der Waals surface area contributed by atoms with Crippen molar-refractivity contribution in [3.8, 4) is 5.75 Å². The van der Waals surface area contributed by atoms with E-state index in [9.17, 15) is 0 Å². The predicted octanol–water partition coefficient (Wildman–Crippen LogP) is 4.01.